The van der Waals surface area contributed by atoms with E-state index in [9.17, 15) is 0 Å². The largest absolute Gasteiger partial charge is 0.315 e. The zero-order valence-electron chi connectivity index (χ0n) is 13.0. The summed E-state index contributed by atoms with van der Waals surface area (Å²) in [7, 11) is 0. The number of rotatable bonds is 2. The highest BCUT2D eigenvalue weighted by Crippen LogP contribution is 2.41. The van der Waals surface area contributed by atoms with Gasteiger partial charge in [0.05, 0.1) is 6.04 Å². The Bertz CT molecular complexity index is 851. The van der Waals surface area contributed by atoms with E-state index in [1.54, 1.807) is 0 Å². The Balaban J connectivity index is 1.90. The standard InChI is InChI=1S/C21H18N2/c1-15-11-13-17(14-12-15)23-20(16-7-3-2-4-8-16)18-9-5-6-10-19(18)21(23)22/h2-14,20,22H,1H3. The fourth-order valence-electron chi connectivity index (χ4n) is 3.30. The Hall–Kier alpha value is -2.87. The van der Waals surface area contributed by atoms with Gasteiger partial charge < -0.3 is 4.90 Å². The molecule has 112 valence electrons. The molecule has 3 aromatic carbocycles. The van der Waals surface area contributed by atoms with Gasteiger partial charge in [-0.2, -0.15) is 0 Å². The van der Waals surface area contributed by atoms with Gasteiger partial charge in [0.25, 0.3) is 0 Å². The predicted octanol–water partition coefficient (Wildman–Crippen LogP) is 4.93. The molecule has 0 amide bonds. The van der Waals surface area contributed by atoms with Crippen LogP contribution in [0.3, 0.4) is 0 Å². The van der Waals surface area contributed by atoms with Crippen LogP contribution in [0.4, 0.5) is 5.69 Å². The Morgan fingerprint density at radius 2 is 1.43 bits per heavy atom. The topological polar surface area (TPSA) is 27.1 Å². The van der Waals surface area contributed by atoms with Crippen molar-refractivity contribution < 1.29 is 0 Å². The minimum absolute atomic E-state index is 0.0580. The van der Waals surface area contributed by atoms with Gasteiger partial charge in [-0.1, -0.05) is 72.3 Å². The molecular weight excluding hydrogens is 280 g/mol. The summed E-state index contributed by atoms with van der Waals surface area (Å²) in [6.45, 7) is 2.09. The second-order valence-corrected chi connectivity index (χ2v) is 5.95. The van der Waals surface area contributed by atoms with Gasteiger partial charge in [0.1, 0.15) is 5.84 Å². The average Bonchev–Trinajstić information content (AvgIpc) is 2.90. The van der Waals surface area contributed by atoms with Crippen molar-refractivity contribution in [3.63, 3.8) is 0 Å². The van der Waals surface area contributed by atoms with E-state index in [4.69, 9.17) is 5.41 Å². The van der Waals surface area contributed by atoms with Gasteiger partial charge in [-0.3, -0.25) is 5.41 Å². The van der Waals surface area contributed by atoms with Crippen LogP contribution in [0.25, 0.3) is 0 Å². The molecule has 3 aromatic rings. The molecule has 1 heterocycles. The monoisotopic (exact) mass is 298 g/mol. The van der Waals surface area contributed by atoms with Crippen molar-refractivity contribution in [2.24, 2.45) is 0 Å². The van der Waals surface area contributed by atoms with Crippen molar-refractivity contribution in [2.45, 2.75) is 13.0 Å². The molecule has 0 radical (unpaired) electrons. The Morgan fingerprint density at radius 1 is 0.783 bits per heavy atom. The fraction of sp³-hybridized carbons (Fsp3) is 0.0952. The number of amidine groups is 1. The molecule has 4 rings (SSSR count). The second-order valence-electron chi connectivity index (χ2n) is 5.95. The van der Waals surface area contributed by atoms with Gasteiger partial charge in [0.2, 0.25) is 0 Å². The lowest BCUT2D eigenvalue weighted by molar-refractivity contribution is 0.869. The molecule has 1 aliphatic rings. The first-order valence-corrected chi connectivity index (χ1v) is 7.84. The number of hydrogen-bond donors (Lipinski definition) is 1. The Kier molecular flexibility index (Phi) is 3.23. The number of benzene rings is 3. The summed E-state index contributed by atoms with van der Waals surface area (Å²) in [6, 6.07) is 27.2. The molecule has 2 nitrogen and oxygen atoms in total. The lowest BCUT2D eigenvalue weighted by Crippen LogP contribution is -2.28. The van der Waals surface area contributed by atoms with Crippen LogP contribution < -0.4 is 4.90 Å². The van der Waals surface area contributed by atoms with Gasteiger partial charge in [-0.25, -0.2) is 0 Å². The molecule has 2 heteroatoms. The van der Waals surface area contributed by atoms with Crippen LogP contribution in [0.5, 0.6) is 0 Å². The maximum absolute atomic E-state index is 8.68. The van der Waals surface area contributed by atoms with Gasteiger partial charge in [0, 0.05) is 11.3 Å². The molecule has 1 unspecified atom stereocenters. The van der Waals surface area contributed by atoms with Crippen molar-refractivity contribution in [1.82, 2.24) is 0 Å². The summed E-state index contributed by atoms with van der Waals surface area (Å²) in [5, 5.41) is 8.68. The van der Waals surface area contributed by atoms with Gasteiger partial charge in [-0.15, -0.1) is 0 Å². The van der Waals surface area contributed by atoms with Gasteiger partial charge >= 0.3 is 0 Å². The van der Waals surface area contributed by atoms with E-state index in [1.165, 1.54) is 16.7 Å². The zero-order valence-corrected chi connectivity index (χ0v) is 13.0. The van der Waals surface area contributed by atoms with E-state index in [0.717, 1.165) is 11.3 Å². The van der Waals surface area contributed by atoms with E-state index in [2.05, 4.69) is 72.5 Å². The quantitative estimate of drug-likeness (QED) is 0.713. The molecule has 23 heavy (non-hydrogen) atoms. The first kappa shape index (κ1) is 13.8. The van der Waals surface area contributed by atoms with E-state index < -0.39 is 0 Å². The van der Waals surface area contributed by atoms with Crippen molar-refractivity contribution in [2.75, 3.05) is 4.90 Å². The van der Waals surface area contributed by atoms with Crippen LogP contribution in [0.15, 0.2) is 78.9 Å². The molecule has 1 atom stereocenters. The summed E-state index contributed by atoms with van der Waals surface area (Å²) in [4.78, 5) is 2.12. The number of nitrogens with one attached hydrogen (secondary N) is 1. The van der Waals surface area contributed by atoms with Crippen molar-refractivity contribution in [3.8, 4) is 0 Å². The van der Waals surface area contributed by atoms with Crippen LogP contribution in [0.1, 0.15) is 28.3 Å². The second kappa shape index (κ2) is 5.40. The first-order valence-electron chi connectivity index (χ1n) is 7.84. The van der Waals surface area contributed by atoms with Crippen LogP contribution in [-0.4, -0.2) is 5.84 Å². The molecule has 1 aliphatic heterocycles. The summed E-state index contributed by atoms with van der Waals surface area (Å²) >= 11 is 0. The van der Waals surface area contributed by atoms with E-state index in [0.29, 0.717) is 5.84 Å². The summed E-state index contributed by atoms with van der Waals surface area (Å²) in [6.07, 6.45) is 0. The number of aryl methyl sites for hydroxylation is 1. The molecule has 1 N–H and O–H groups in total. The van der Waals surface area contributed by atoms with Crippen molar-refractivity contribution in [1.29, 1.82) is 5.41 Å². The summed E-state index contributed by atoms with van der Waals surface area (Å²) in [5.74, 6) is 0.568. The first-order chi connectivity index (χ1) is 11.3. The molecule has 0 saturated carbocycles. The average molecular weight is 298 g/mol. The fourth-order valence-corrected chi connectivity index (χ4v) is 3.30. The highest BCUT2D eigenvalue weighted by molar-refractivity contribution is 6.13. The van der Waals surface area contributed by atoms with E-state index in [-0.39, 0.29) is 6.04 Å². The number of hydrogen-bond acceptors (Lipinski definition) is 1. The summed E-state index contributed by atoms with van der Waals surface area (Å²) < 4.78 is 0. The molecule has 0 spiro atoms. The van der Waals surface area contributed by atoms with Crippen LogP contribution in [0, 0.1) is 12.3 Å². The highest BCUT2D eigenvalue weighted by Gasteiger charge is 2.35. The third-order valence-corrected chi connectivity index (χ3v) is 4.44. The molecule has 0 aliphatic carbocycles. The van der Waals surface area contributed by atoms with Crippen LogP contribution in [-0.2, 0) is 0 Å². The van der Waals surface area contributed by atoms with Crippen molar-refractivity contribution >= 4 is 11.5 Å². The maximum Gasteiger partial charge on any atom is 0.133 e. The molecule has 0 aromatic heterocycles. The normalized spacial score (nSPS) is 16.5. The van der Waals surface area contributed by atoms with Crippen LogP contribution in [0.2, 0.25) is 0 Å². The lowest BCUT2D eigenvalue weighted by atomic mass is 9.98. The van der Waals surface area contributed by atoms with E-state index in [1.807, 2.05) is 18.2 Å². The lowest BCUT2D eigenvalue weighted by Gasteiger charge is -2.27. The Labute approximate surface area is 136 Å². The minimum Gasteiger partial charge on any atom is -0.315 e. The number of fused-ring (bicyclic) bond motifs is 1. The third kappa shape index (κ3) is 2.23. The smallest absolute Gasteiger partial charge is 0.133 e. The summed E-state index contributed by atoms with van der Waals surface area (Å²) in [5.41, 5.74) is 5.72. The zero-order chi connectivity index (χ0) is 15.8. The molecule has 0 saturated heterocycles. The van der Waals surface area contributed by atoms with Crippen LogP contribution >= 0.6 is 0 Å². The predicted molar refractivity (Wildman–Crippen MR) is 95.2 cm³/mol. The van der Waals surface area contributed by atoms with Gasteiger partial charge in [-0.05, 0) is 30.2 Å². The SMILES string of the molecule is Cc1ccc(N2C(=N)c3ccccc3C2c2ccccc2)cc1. The van der Waals surface area contributed by atoms with Gasteiger partial charge in [0.15, 0.2) is 0 Å². The highest BCUT2D eigenvalue weighted by atomic mass is 15.2. The number of anilines is 1. The number of nitrogens with zero attached hydrogens (tertiary/aromatic N) is 1. The van der Waals surface area contributed by atoms with Crippen molar-refractivity contribution in [3.05, 3.63) is 101 Å². The van der Waals surface area contributed by atoms with E-state index >= 15 is 0 Å². The third-order valence-electron chi connectivity index (χ3n) is 4.44. The molecular formula is C21H18N2. The minimum atomic E-state index is 0.0580. The molecule has 0 bridgehead atoms. The Morgan fingerprint density at radius 3 is 2.17 bits per heavy atom. The maximum atomic E-state index is 8.68. The molecule has 0 fully saturated rings.